The molecule has 1 aliphatic carbocycles. The first-order chi connectivity index (χ1) is 10.0. The van der Waals surface area contributed by atoms with Crippen molar-refractivity contribution in [2.75, 3.05) is 12.3 Å². The number of nitrogens with two attached hydrogens (primary N) is 1. The van der Waals surface area contributed by atoms with Crippen molar-refractivity contribution in [2.45, 2.75) is 46.1 Å². The van der Waals surface area contributed by atoms with E-state index in [1.165, 1.54) is 6.42 Å². The summed E-state index contributed by atoms with van der Waals surface area (Å²) in [5.74, 6) is 2.00. The second-order valence-corrected chi connectivity index (χ2v) is 6.12. The summed E-state index contributed by atoms with van der Waals surface area (Å²) in [6.45, 7) is 7.02. The number of rotatable bonds is 4. The Labute approximate surface area is 127 Å². The topological polar surface area (TPSA) is 64.3 Å². The molecule has 1 aromatic carbocycles. The molecule has 1 fully saturated rings. The quantitative estimate of drug-likeness (QED) is 0.837. The Bertz CT molecular complexity index is 502. The second kappa shape index (κ2) is 6.83. The molecule has 1 amide bonds. The van der Waals surface area contributed by atoms with Crippen LogP contribution in [0.1, 0.15) is 50.4 Å². The van der Waals surface area contributed by atoms with E-state index in [0.29, 0.717) is 29.5 Å². The number of benzene rings is 1. The normalized spacial score (nSPS) is 25.4. The molecule has 21 heavy (non-hydrogen) atoms. The molecule has 0 spiro atoms. The summed E-state index contributed by atoms with van der Waals surface area (Å²) in [5.41, 5.74) is 7.02. The van der Waals surface area contributed by atoms with Gasteiger partial charge in [0.05, 0.1) is 12.3 Å². The minimum atomic E-state index is -0.0449. The van der Waals surface area contributed by atoms with Crippen LogP contribution in [0.2, 0.25) is 0 Å². The van der Waals surface area contributed by atoms with E-state index in [9.17, 15) is 4.79 Å². The maximum atomic E-state index is 12.3. The number of anilines is 1. The van der Waals surface area contributed by atoms with Crippen LogP contribution in [0.4, 0.5) is 5.69 Å². The van der Waals surface area contributed by atoms with Crippen molar-refractivity contribution in [1.82, 2.24) is 5.32 Å². The Balaban J connectivity index is 1.99. The van der Waals surface area contributed by atoms with Gasteiger partial charge in [-0.05, 0) is 56.2 Å². The highest BCUT2D eigenvalue weighted by Crippen LogP contribution is 2.29. The molecule has 1 aromatic rings. The third-order valence-electron chi connectivity index (χ3n) is 4.51. The van der Waals surface area contributed by atoms with Crippen LogP contribution in [0.15, 0.2) is 18.2 Å². The van der Waals surface area contributed by atoms with Gasteiger partial charge in [0.15, 0.2) is 0 Å². The molecule has 2 rings (SSSR count). The van der Waals surface area contributed by atoms with Gasteiger partial charge in [0.25, 0.3) is 5.91 Å². The SMILES string of the molecule is CCOc1ccc(C(=O)NC2CCC(C)C(C)C2)cc1N. The largest absolute Gasteiger partial charge is 0.492 e. The summed E-state index contributed by atoms with van der Waals surface area (Å²) in [6.07, 6.45) is 3.29. The first kappa shape index (κ1) is 15.7. The number of hydrogen-bond acceptors (Lipinski definition) is 3. The van der Waals surface area contributed by atoms with Crippen LogP contribution in [0, 0.1) is 11.8 Å². The van der Waals surface area contributed by atoms with Gasteiger partial charge in [0.1, 0.15) is 5.75 Å². The summed E-state index contributed by atoms with van der Waals surface area (Å²) >= 11 is 0. The molecule has 116 valence electrons. The molecule has 0 aliphatic heterocycles. The standard InChI is InChI=1S/C17H26N2O2/c1-4-21-16-8-6-13(10-15(16)18)17(20)19-14-7-5-11(2)12(3)9-14/h6,8,10-12,14H,4-5,7,9,18H2,1-3H3,(H,19,20). The molecule has 1 aliphatic rings. The number of amides is 1. The average Bonchev–Trinajstić information content (AvgIpc) is 2.45. The van der Waals surface area contributed by atoms with Crippen molar-refractivity contribution in [1.29, 1.82) is 0 Å². The van der Waals surface area contributed by atoms with Crippen LogP contribution in [0.5, 0.6) is 5.75 Å². The van der Waals surface area contributed by atoms with E-state index < -0.39 is 0 Å². The lowest BCUT2D eigenvalue weighted by molar-refractivity contribution is 0.0910. The molecule has 0 heterocycles. The lowest BCUT2D eigenvalue weighted by Gasteiger charge is -2.32. The van der Waals surface area contributed by atoms with Gasteiger partial charge in [-0.3, -0.25) is 4.79 Å². The highest BCUT2D eigenvalue weighted by Gasteiger charge is 2.25. The monoisotopic (exact) mass is 290 g/mol. The number of hydrogen-bond donors (Lipinski definition) is 2. The Morgan fingerprint density at radius 1 is 1.33 bits per heavy atom. The minimum absolute atomic E-state index is 0.0449. The van der Waals surface area contributed by atoms with Crippen LogP contribution >= 0.6 is 0 Å². The van der Waals surface area contributed by atoms with Gasteiger partial charge in [0.2, 0.25) is 0 Å². The minimum Gasteiger partial charge on any atom is -0.492 e. The van der Waals surface area contributed by atoms with Crippen molar-refractivity contribution >= 4 is 11.6 Å². The van der Waals surface area contributed by atoms with Gasteiger partial charge >= 0.3 is 0 Å². The van der Waals surface area contributed by atoms with Gasteiger partial charge < -0.3 is 15.8 Å². The predicted molar refractivity (Wildman–Crippen MR) is 85.5 cm³/mol. The van der Waals surface area contributed by atoms with Crippen LogP contribution in [-0.4, -0.2) is 18.6 Å². The molecule has 1 saturated carbocycles. The molecule has 0 radical (unpaired) electrons. The first-order valence-electron chi connectivity index (χ1n) is 7.84. The van der Waals surface area contributed by atoms with Crippen molar-refractivity contribution in [3.05, 3.63) is 23.8 Å². The number of nitrogens with one attached hydrogen (secondary N) is 1. The molecular formula is C17H26N2O2. The van der Waals surface area contributed by atoms with E-state index in [4.69, 9.17) is 10.5 Å². The van der Waals surface area contributed by atoms with E-state index >= 15 is 0 Å². The Kier molecular flexibility index (Phi) is 5.10. The van der Waals surface area contributed by atoms with E-state index in [1.807, 2.05) is 6.92 Å². The molecule has 0 aromatic heterocycles. The third kappa shape index (κ3) is 3.90. The number of carbonyl (C=O) groups is 1. The zero-order valence-corrected chi connectivity index (χ0v) is 13.2. The second-order valence-electron chi connectivity index (χ2n) is 6.12. The van der Waals surface area contributed by atoms with Crippen LogP contribution in [0.3, 0.4) is 0 Å². The first-order valence-corrected chi connectivity index (χ1v) is 7.84. The number of ether oxygens (including phenoxy) is 1. The summed E-state index contributed by atoms with van der Waals surface area (Å²) in [7, 11) is 0. The van der Waals surface area contributed by atoms with Gasteiger partial charge in [-0.2, -0.15) is 0 Å². The smallest absolute Gasteiger partial charge is 0.251 e. The molecule has 3 N–H and O–H groups in total. The van der Waals surface area contributed by atoms with Gasteiger partial charge in [-0.25, -0.2) is 0 Å². The summed E-state index contributed by atoms with van der Waals surface area (Å²) in [6, 6.07) is 5.50. The predicted octanol–water partition coefficient (Wildman–Crippen LogP) is 3.22. The van der Waals surface area contributed by atoms with Crippen molar-refractivity contribution in [2.24, 2.45) is 11.8 Å². The number of nitrogen functional groups attached to an aromatic ring is 1. The van der Waals surface area contributed by atoms with Crippen LogP contribution < -0.4 is 15.8 Å². The zero-order valence-electron chi connectivity index (χ0n) is 13.2. The molecule has 4 heteroatoms. The lowest BCUT2D eigenvalue weighted by Crippen LogP contribution is -2.39. The highest BCUT2D eigenvalue weighted by molar-refractivity contribution is 5.95. The van der Waals surface area contributed by atoms with Gasteiger partial charge in [-0.15, -0.1) is 0 Å². The maximum absolute atomic E-state index is 12.3. The molecule has 3 unspecified atom stereocenters. The summed E-state index contributed by atoms with van der Waals surface area (Å²) in [5, 5.41) is 3.13. The zero-order chi connectivity index (χ0) is 15.4. The van der Waals surface area contributed by atoms with E-state index in [2.05, 4.69) is 19.2 Å². The Morgan fingerprint density at radius 2 is 2.10 bits per heavy atom. The van der Waals surface area contributed by atoms with Crippen molar-refractivity contribution < 1.29 is 9.53 Å². The summed E-state index contributed by atoms with van der Waals surface area (Å²) in [4.78, 5) is 12.3. The van der Waals surface area contributed by atoms with Crippen LogP contribution in [0.25, 0.3) is 0 Å². The Hall–Kier alpha value is -1.71. The third-order valence-corrected chi connectivity index (χ3v) is 4.51. The number of carbonyl (C=O) groups excluding carboxylic acids is 1. The van der Waals surface area contributed by atoms with Crippen molar-refractivity contribution in [3.63, 3.8) is 0 Å². The van der Waals surface area contributed by atoms with E-state index in [1.54, 1.807) is 18.2 Å². The molecular weight excluding hydrogens is 264 g/mol. The van der Waals surface area contributed by atoms with Crippen molar-refractivity contribution in [3.8, 4) is 5.75 Å². The summed E-state index contributed by atoms with van der Waals surface area (Å²) < 4.78 is 5.39. The fraction of sp³-hybridized carbons (Fsp3) is 0.588. The lowest BCUT2D eigenvalue weighted by atomic mass is 9.79. The van der Waals surface area contributed by atoms with E-state index in [-0.39, 0.29) is 11.9 Å². The molecule has 0 bridgehead atoms. The van der Waals surface area contributed by atoms with Crippen LogP contribution in [-0.2, 0) is 0 Å². The molecule has 4 nitrogen and oxygen atoms in total. The molecule has 0 saturated heterocycles. The van der Waals surface area contributed by atoms with Gasteiger partial charge in [0, 0.05) is 11.6 Å². The van der Waals surface area contributed by atoms with Gasteiger partial charge in [-0.1, -0.05) is 13.8 Å². The fourth-order valence-corrected chi connectivity index (χ4v) is 2.92. The Morgan fingerprint density at radius 3 is 2.71 bits per heavy atom. The molecule has 3 atom stereocenters. The highest BCUT2D eigenvalue weighted by atomic mass is 16.5. The average molecular weight is 290 g/mol. The fourth-order valence-electron chi connectivity index (χ4n) is 2.92. The van der Waals surface area contributed by atoms with E-state index in [0.717, 1.165) is 18.8 Å². The maximum Gasteiger partial charge on any atom is 0.251 e.